The first-order valence-corrected chi connectivity index (χ1v) is 13.9. The maximum atomic E-state index is 13.9. The van der Waals surface area contributed by atoms with Crippen molar-refractivity contribution in [3.05, 3.63) is 87.3 Å². The van der Waals surface area contributed by atoms with Crippen molar-refractivity contribution in [3.63, 3.8) is 0 Å². The Morgan fingerprint density at radius 1 is 0.944 bits per heavy atom. The van der Waals surface area contributed by atoms with Gasteiger partial charge in [0.2, 0.25) is 0 Å². The number of thioether (sulfide) groups is 2. The lowest BCUT2D eigenvalue weighted by Gasteiger charge is -2.21. The molecule has 1 fully saturated rings. The maximum Gasteiger partial charge on any atom is 0.274 e. The molecule has 3 aromatic carbocycles. The SMILES string of the molecule is CCN(CC)c1ccc(N=C2SC(=C3Sc4ccc(Cl)cc4N3C)C(=O)N2c2ccc(C)cc2)cc1. The number of hydrogen-bond donors (Lipinski definition) is 0. The lowest BCUT2D eigenvalue weighted by molar-refractivity contribution is -0.113. The minimum atomic E-state index is -0.0735. The van der Waals surface area contributed by atoms with E-state index in [2.05, 4.69) is 30.9 Å². The summed E-state index contributed by atoms with van der Waals surface area (Å²) in [7, 11) is 1.97. The fourth-order valence-corrected chi connectivity index (χ4v) is 6.75. The third-order valence-corrected chi connectivity index (χ3v) is 8.89. The van der Waals surface area contributed by atoms with Gasteiger partial charge in [0, 0.05) is 35.7 Å². The standard InChI is InChI=1S/C28H27ClN4OS2/c1-5-32(6-2)21-14-10-20(11-15-21)30-28-33(22-12-7-18(3)8-13-22)26(34)25(36-28)27-31(4)23-17-19(29)9-16-24(23)35-27/h7-17H,5-6H2,1-4H3. The van der Waals surface area contributed by atoms with Crippen molar-refractivity contribution < 1.29 is 4.79 Å². The van der Waals surface area contributed by atoms with E-state index in [1.807, 2.05) is 73.5 Å². The van der Waals surface area contributed by atoms with Gasteiger partial charge in [0.15, 0.2) is 5.17 Å². The van der Waals surface area contributed by atoms with Crippen LogP contribution in [0, 0.1) is 6.92 Å². The average Bonchev–Trinajstić information content (AvgIpc) is 3.37. The smallest absolute Gasteiger partial charge is 0.274 e. The summed E-state index contributed by atoms with van der Waals surface area (Å²) in [5, 5.41) is 2.21. The molecule has 0 saturated carbocycles. The molecule has 0 unspecified atom stereocenters. The van der Waals surface area contributed by atoms with E-state index in [0.717, 1.165) is 51.3 Å². The molecule has 0 spiro atoms. The second-order valence-corrected chi connectivity index (χ2v) is 11.0. The van der Waals surface area contributed by atoms with Crippen LogP contribution in [-0.2, 0) is 4.79 Å². The minimum Gasteiger partial charge on any atom is -0.372 e. The summed E-state index contributed by atoms with van der Waals surface area (Å²) < 4.78 is 0. The molecule has 0 bridgehead atoms. The molecule has 5 nitrogen and oxygen atoms in total. The Morgan fingerprint density at radius 2 is 1.64 bits per heavy atom. The largest absolute Gasteiger partial charge is 0.372 e. The monoisotopic (exact) mass is 534 g/mol. The van der Waals surface area contributed by atoms with E-state index >= 15 is 0 Å². The number of nitrogens with zero attached hydrogens (tertiary/aromatic N) is 4. The molecule has 1 saturated heterocycles. The molecule has 1 amide bonds. The number of rotatable bonds is 5. The normalized spacial score (nSPS) is 18.4. The summed E-state index contributed by atoms with van der Waals surface area (Å²) in [6.45, 7) is 8.24. The topological polar surface area (TPSA) is 39.1 Å². The second kappa shape index (κ2) is 10.2. The Kier molecular flexibility index (Phi) is 7.06. The Labute approximate surface area is 225 Å². The van der Waals surface area contributed by atoms with Gasteiger partial charge in [-0.2, -0.15) is 0 Å². The molecule has 2 aliphatic rings. The van der Waals surface area contributed by atoms with Crippen molar-refractivity contribution >= 4 is 68.9 Å². The molecule has 0 radical (unpaired) electrons. The van der Waals surface area contributed by atoms with E-state index in [9.17, 15) is 4.79 Å². The third-order valence-electron chi connectivity index (χ3n) is 6.27. The van der Waals surface area contributed by atoms with Gasteiger partial charge in [0.05, 0.1) is 22.1 Å². The minimum absolute atomic E-state index is 0.0735. The number of carbonyl (C=O) groups excluding carboxylic acids is 1. The van der Waals surface area contributed by atoms with Crippen LogP contribution in [0.15, 0.2) is 86.6 Å². The molecule has 0 atom stereocenters. The number of fused-ring (bicyclic) bond motifs is 1. The average molecular weight is 535 g/mol. The number of aliphatic imine (C=N–C) groups is 1. The summed E-state index contributed by atoms with van der Waals surface area (Å²) >= 11 is 9.26. The molecule has 0 aliphatic carbocycles. The van der Waals surface area contributed by atoms with E-state index in [0.29, 0.717) is 15.1 Å². The molecule has 8 heteroatoms. The third kappa shape index (κ3) is 4.63. The van der Waals surface area contributed by atoms with Gasteiger partial charge in [-0.15, -0.1) is 0 Å². The Morgan fingerprint density at radius 3 is 2.31 bits per heavy atom. The van der Waals surface area contributed by atoms with Crippen LogP contribution in [0.25, 0.3) is 0 Å². The van der Waals surface area contributed by atoms with Crippen LogP contribution >= 0.6 is 35.1 Å². The number of aryl methyl sites for hydroxylation is 1. The lowest BCUT2D eigenvalue weighted by atomic mass is 10.2. The highest BCUT2D eigenvalue weighted by Crippen LogP contribution is 2.51. The highest BCUT2D eigenvalue weighted by molar-refractivity contribution is 8.20. The predicted molar refractivity (Wildman–Crippen MR) is 156 cm³/mol. The van der Waals surface area contributed by atoms with Gasteiger partial charge in [-0.05, 0) is 87.1 Å². The first-order valence-electron chi connectivity index (χ1n) is 11.9. The fourth-order valence-electron chi connectivity index (χ4n) is 4.26. The second-order valence-electron chi connectivity index (χ2n) is 8.57. The number of benzene rings is 3. The summed E-state index contributed by atoms with van der Waals surface area (Å²) in [6, 6.07) is 22.0. The lowest BCUT2D eigenvalue weighted by Crippen LogP contribution is -2.29. The predicted octanol–water partition coefficient (Wildman–Crippen LogP) is 7.67. The number of carbonyl (C=O) groups is 1. The number of halogens is 1. The van der Waals surface area contributed by atoms with Crippen LogP contribution in [0.2, 0.25) is 5.02 Å². The van der Waals surface area contributed by atoms with Crippen LogP contribution in [0.1, 0.15) is 19.4 Å². The molecule has 2 heterocycles. The van der Waals surface area contributed by atoms with E-state index in [1.165, 1.54) is 11.8 Å². The fraction of sp³-hybridized carbons (Fsp3) is 0.214. The first kappa shape index (κ1) is 24.8. The first-order chi connectivity index (χ1) is 17.4. The highest BCUT2D eigenvalue weighted by atomic mass is 35.5. The molecular formula is C28H27ClN4OS2. The van der Waals surface area contributed by atoms with Gasteiger partial charge in [-0.3, -0.25) is 9.69 Å². The summed E-state index contributed by atoms with van der Waals surface area (Å²) in [5.74, 6) is -0.0735. The number of anilines is 3. The zero-order valence-corrected chi connectivity index (χ0v) is 23.0. The summed E-state index contributed by atoms with van der Waals surface area (Å²) in [4.78, 5) is 26.6. The van der Waals surface area contributed by atoms with Gasteiger partial charge in [0.1, 0.15) is 4.91 Å². The molecular weight excluding hydrogens is 508 g/mol. The van der Waals surface area contributed by atoms with Crippen molar-refractivity contribution in [2.24, 2.45) is 4.99 Å². The van der Waals surface area contributed by atoms with E-state index < -0.39 is 0 Å². The van der Waals surface area contributed by atoms with Crippen LogP contribution in [0.4, 0.5) is 22.7 Å². The van der Waals surface area contributed by atoms with Crippen LogP contribution in [0.5, 0.6) is 0 Å². The molecule has 2 aliphatic heterocycles. The van der Waals surface area contributed by atoms with Gasteiger partial charge in [-0.1, -0.05) is 41.1 Å². The van der Waals surface area contributed by atoms with Crippen LogP contribution in [-0.4, -0.2) is 31.2 Å². The van der Waals surface area contributed by atoms with E-state index in [4.69, 9.17) is 16.6 Å². The van der Waals surface area contributed by atoms with Crippen molar-refractivity contribution in [2.75, 3.05) is 34.8 Å². The van der Waals surface area contributed by atoms with Gasteiger partial charge < -0.3 is 9.80 Å². The van der Waals surface area contributed by atoms with Crippen molar-refractivity contribution in [1.82, 2.24) is 0 Å². The number of amides is 1. The number of hydrogen-bond acceptors (Lipinski definition) is 6. The van der Waals surface area contributed by atoms with E-state index in [1.54, 1.807) is 16.7 Å². The zero-order valence-electron chi connectivity index (χ0n) is 20.7. The van der Waals surface area contributed by atoms with Gasteiger partial charge in [-0.25, -0.2) is 4.99 Å². The van der Waals surface area contributed by atoms with Crippen molar-refractivity contribution in [1.29, 1.82) is 0 Å². The molecule has 184 valence electrons. The Bertz CT molecular complexity index is 1370. The Balaban J connectivity index is 1.55. The van der Waals surface area contributed by atoms with Gasteiger partial charge in [0.25, 0.3) is 5.91 Å². The van der Waals surface area contributed by atoms with Crippen molar-refractivity contribution in [2.45, 2.75) is 25.7 Å². The van der Waals surface area contributed by atoms with Gasteiger partial charge >= 0.3 is 0 Å². The molecule has 0 aromatic heterocycles. The summed E-state index contributed by atoms with van der Waals surface area (Å²) in [5.41, 5.74) is 4.92. The molecule has 5 rings (SSSR count). The zero-order chi connectivity index (χ0) is 25.4. The highest BCUT2D eigenvalue weighted by Gasteiger charge is 2.40. The molecule has 3 aromatic rings. The molecule has 0 N–H and O–H groups in total. The van der Waals surface area contributed by atoms with E-state index in [-0.39, 0.29) is 5.91 Å². The molecule has 36 heavy (non-hydrogen) atoms. The van der Waals surface area contributed by atoms with Crippen LogP contribution < -0.4 is 14.7 Å². The summed E-state index contributed by atoms with van der Waals surface area (Å²) in [6.07, 6.45) is 0. The maximum absolute atomic E-state index is 13.9. The van der Waals surface area contributed by atoms with Crippen molar-refractivity contribution in [3.8, 4) is 0 Å². The Hall–Kier alpha value is -2.87. The number of amidine groups is 1. The van der Waals surface area contributed by atoms with Crippen LogP contribution in [0.3, 0.4) is 0 Å². The quantitative estimate of drug-likeness (QED) is 0.314.